The van der Waals surface area contributed by atoms with Crippen LogP contribution in [-0.2, 0) is 11.2 Å². The van der Waals surface area contributed by atoms with Crippen LogP contribution in [0.4, 0.5) is 11.4 Å². The molecule has 0 saturated heterocycles. The van der Waals surface area contributed by atoms with Gasteiger partial charge in [-0.3, -0.25) is 4.79 Å². The largest absolute Gasteiger partial charge is 0.399 e. The number of rotatable bonds is 3. The SMILES string of the molecule is Cc1cccc(CC(=O)Nc2ccc(N)cc2C#N)c1. The van der Waals surface area contributed by atoms with Gasteiger partial charge in [-0.2, -0.15) is 5.26 Å². The monoisotopic (exact) mass is 265 g/mol. The van der Waals surface area contributed by atoms with Crippen LogP contribution < -0.4 is 11.1 Å². The van der Waals surface area contributed by atoms with Gasteiger partial charge in [0.05, 0.1) is 17.7 Å². The van der Waals surface area contributed by atoms with Crippen LogP contribution in [0.3, 0.4) is 0 Å². The molecule has 20 heavy (non-hydrogen) atoms. The molecule has 4 heteroatoms. The first-order valence-corrected chi connectivity index (χ1v) is 6.23. The van der Waals surface area contributed by atoms with Crippen molar-refractivity contribution in [2.45, 2.75) is 13.3 Å². The number of carbonyl (C=O) groups excluding carboxylic acids is 1. The molecule has 0 radical (unpaired) electrons. The Hall–Kier alpha value is -2.80. The van der Waals surface area contributed by atoms with Crippen molar-refractivity contribution in [1.29, 1.82) is 5.26 Å². The van der Waals surface area contributed by atoms with Crippen LogP contribution in [0, 0.1) is 18.3 Å². The number of hydrogen-bond acceptors (Lipinski definition) is 3. The van der Waals surface area contributed by atoms with Gasteiger partial charge in [-0.25, -0.2) is 0 Å². The zero-order valence-corrected chi connectivity index (χ0v) is 11.2. The first-order chi connectivity index (χ1) is 9.58. The summed E-state index contributed by atoms with van der Waals surface area (Å²) in [6, 6.07) is 14.6. The zero-order valence-electron chi connectivity index (χ0n) is 11.2. The lowest BCUT2D eigenvalue weighted by Crippen LogP contribution is -2.15. The molecule has 0 unspecified atom stereocenters. The summed E-state index contributed by atoms with van der Waals surface area (Å²) in [5.41, 5.74) is 9.01. The number of carbonyl (C=O) groups is 1. The second-order valence-electron chi connectivity index (χ2n) is 4.63. The third-order valence-electron chi connectivity index (χ3n) is 2.89. The van der Waals surface area contributed by atoms with Gasteiger partial charge in [0.25, 0.3) is 0 Å². The first-order valence-electron chi connectivity index (χ1n) is 6.23. The third-order valence-corrected chi connectivity index (χ3v) is 2.89. The molecule has 0 aliphatic carbocycles. The quantitative estimate of drug-likeness (QED) is 0.837. The molecule has 100 valence electrons. The lowest BCUT2D eigenvalue weighted by Gasteiger charge is -2.08. The van der Waals surface area contributed by atoms with Crippen LogP contribution in [0.15, 0.2) is 42.5 Å². The van der Waals surface area contributed by atoms with Gasteiger partial charge in [-0.1, -0.05) is 29.8 Å². The number of nitrogens with one attached hydrogen (secondary N) is 1. The molecular weight excluding hydrogens is 250 g/mol. The third kappa shape index (κ3) is 3.36. The van der Waals surface area contributed by atoms with Crippen LogP contribution in [-0.4, -0.2) is 5.91 Å². The molecule has 0 spiro atoms. The average molecular weight is 265 g/mol. The minimum Gasteiger partial charge on any atom is -0.399 e. The van der Waals surface area contributed by atoms with E-state index < -0.39 is 0 Å². The molecule has 1 amide bonds. The Balaban J connectivity index is 2.11. The van der Waals surface area contributed by atoms with E-state index in [1.807, 2.05) is 37.3 Å². The second-order valence-corrected chi connectivity index (χ2v) is 4.63. The number of nitrogens with two attached hydrogens (primary N) is 1. The number of amides is 1. The number of anilines is 2. The van der Waals surface area contributed by atoms with Crippen molar-refractivity contribution in [2.24, 2.45) is 0 Å². The molecule has 2 aromatic carbocycles. The fourth-order valence-corrected chi connectivity index (χ4v) is 1.97. The molecule has 0 bridgehead atoms. The van der Waals surface area contributed by atoms with Gasteiger partial charge in [0, 0.05) is 5.69 Å². The molecule has 0 atom stereocenters. The van der Waals surface area contributed by atoms with Gasteiger partial charge in [0.15, 0.2) is 0 Å². The molecule has 0 aliphatic rings. The van der Waals surface area contributed by atoms with Gasteiger partial charge in [-0.15, -0.1) is 0 Å². The fraction of sp³-hybridized carbons (Fsp3) is 0.125. The summed E-state index contributed by atoms with van der Waals surface area (Å²) < 4.78 is 0. The maximum absolute atomic E-state index is 12.0. The number of benzene rings is 2. The molecule has 0 heterocycles. The Morgan fingerprint density at radius 2 is 2.10 bits per heavy atom. The molecule has 2 aromatic rings. The number of aryl methyl sites for hydroxylation is 1. The molecule has 2 rings (SSSR count). The smallest absolute Gasteiger partial charge is 0.228 e. The number of hydrogen-bond donors (Lipinski definition) is 2. The van der Waals surface area contributed by atoms with Gasteiger partial charge < -0.3 is 11.1 Å². The summed E-state index contributed by atoms with van der Waals surface area (Å²) >= 11 is 0. The standard InChI is InChI=1S/C16H15N3O/c1-11-3-2-4-12(7-11)8-16(20)19-15-6-5-14(18)9-13(15)10-17/h2-7,9H,8,18H2,1H3,(H,19,20). The normalized spacial score (nSPS) is 9.80. The van der Waals surface area contributed by atoms with Gasteiger partial charge in [-0.05, 0) is 30.7 Å². The van der Waals surface area contributed by atoms with E-state index in [-0.39, 0.29) is 12.3 Å². The van der Waals surface area contributed by atoms with Crippen molar-refractivity contribution in [2.75, 3.05) is 11.1 Å². The second kappa shape index (κ2) is 5.89. The van der Waals surface area contributed by atoms with E-state index in [1.54, 1.807) is 18.2 Å². The summed E-state index contributed by atoms with van der Waals surface area (Å²) in [7, 11) is 0. The van der Waals surface area contributed by atoms with Crippen LogP contribution in [0.2, 0.25) is 0 Å². The Morgan fingerprint density at radius 3 is 2.80 bits per heavy atom. The molecular formula is C16H15N3O. The maximum atomic E-state index is 12.0. The summed E-state index contributed by atoms with van der Waals surface area (Å²) in [6.45, 7) is 1.98. The van der Waals surface area contributed by atoms with E-state index in [1.165, 1.54) is 0 Å². The van der Waals surface area contributed by atoms with E-state index in [4.69, 9.17) is 11.0 Å². The minimum atomic E-state index is -0.156. The number of nitrogen functional groups attached to an aromatic ring is 1. The Labute approximate surface area is 117 Å². The molecule has 0 saturated carbocycles. The van der Waals surface area contributed by atoms with Crippen LogP contribution in [0.5, 0.6) is 0 Å². The number of nitriles is 1. The highest BCUT2D eigenvalue weighted by Crippen LogP contribution is 2.18. The van der Waals surface area contributed by atoms with E-state index in [9.17, 15) is 4.79 Å². The fourth-order valence-electron chi connectivity index (χ4n) is 1.97. The molecule has 0 aliphatic heterocycles. The zero-order chi connectivity index (χ0) is 14.5. The highest BCUT2D eigenvalue weighted by atomic mass is 16.1. The van der Waals surface area contributed by atoms with Crippen LogP contribution >= 0.6 is 0 Å². The van der Waals surface area contributed by atoms with Gasteiger partial charge in [0.2, 0.25) is 5.91 Å². The lowest BCUT2D eigenvalue weighted by molar-refractivity contribution is -0.115. The van der Waals surface area contributed by atoms with Gasteiger partial charge in [0.1, 0.15) is 6.07 Å². The van der Waals surface area contributed by atoms with Crippen molar-refractivity contribution < 1.29 is 4.79 Å². The van der Waals surface area contributed by atoms with Crippen molar-refractivity contribution in [3.05, 3.63) is 59.2 Å². The van der Waals surface area contributed by atoms with Crippen molar-refractivity contribution in [1.82, 2.24) is 0 Å². The molecule has 4 nitrogen and oxygen atoms in total. The highest BCUT2D eigenvalue weighted by Gasteiger charge is 2.08. The van der Waals surface area contributed by atoms with Crippen molar-refractivity contribution in [3.8, 4) is 6.07 Å². The first kappa shape index (κ1) is 13.6. The predicted octanol–water partition coefficient (Wildman–Crippen LogP) is 2.63. The van der Waals surface area contributed by atoms with Crippen molar-refractivity contribution in [3.63, 3.8) is 0 Å². The topological polar surface area (TPSA) is 78.9 Å². The van der Waals surface area contributed by atoms with Crippen LogP contribution in [0.25, 0.3) is 0 Å². The average Bonchev–Trinajstić information content (AvgIpc) is 2.40. The summed E-state index contributed by atoms with van der Waals surface area (Å²) in [5.74, 6) is -0.156. The minimum absolute atomic E-state index is 0.156. The Morgan fingerprint density at radius 1 is 1.30 bits per heavy atom. The predicted molar refractivity (Wildman–Crippen MR) is 79.1 cm³/mol. The number of nitrogens with zero attached hydrogens (tertiary/aromatic N) is 1. The summed E-state index contributed by atoms with van der Waals surface area (Å²) in [4.78, 5) is 12.0. The summed E-state index contributed by atoms with van der Waals surface area (Å²) in [5, 5.41) is 11.8. The molecule has 3 N–H and O–H groups in total. The van der Waals surface area contributed by atoms with E-state index in [0.29, 0.717) is 16.9 Å². The highest BCUT2D eigenvalue weighted by molar-refractivity contribution is 5.93. The van der Waals surface area contributed by atoms with Crippen molar-refractivity contribution >= 4 is 17.3 Å². The molecule has 0 fully saturated rings. The Kier molecular flexibility index (Phi) is 4.02. The van der Waals surface area contributed by atoms with Crippen LogP contribution in [0.1, 0.15) is 16.7 Å². The maximum Gasteiger partial charge on any atom is 0.228 e. The van der Waals surface area contributed by atoms with E-state index in [2.05, 4.69) is 5.32 Å². The van der Waals surface area contributed by atoms with Gasteiger partial charge >= 0.3 is 0 Å². The lowest BCUT2D eigenvalue weighted by atomic mass is 10.1. The Bertz CT molecular complexity index is 686. The van der Waals surface area contributed by atoms with E-state index >= 15 is 0 Å². The summed E-state index contributed by atoms with van der Waals surface area (Å²) in [6.07, 6.45) is 0.275. The molecule has 0 aromatic heterocycles. The van der Waals surface area contributed by atoms with E-state index in [0.717, 1.165) is 11.1 Å².